The van der Waals surface area contributed by atoms with Gasteiger partial charge in [-0.1, -0.05) is 49.7 Å². The molecule has 3 rings (SSSR count). The Balaban J connectivity index is 2.28. The Labute approximate surface area is 160 Å². The molecule has 0 aliphatic carbocycles. The summed E-state index contributed by atoms with van der Waals surface area (Å²) >= 11 is 0. The zero-order valence-electron chi connectivity index (χ0n) is 15.6. The van der Waals surface area contributed by atoms with Gasteiger partial charge in [0.1, 0.15) is 17.2 Å². The van der Waals surface area contributed by atoms with E-state index in [4.69, 9.17) is 4.74 Å². The molecule has 138 valence electrons. The van der Waals surface area contributed by atoms with E-state index >= 15 is 0 Å². The predicted octanol–water partition coefficient (Wildman–Crippen LogP) is 5.87. The van der Waals surface area contributed by atoms with Crippen LogP contribution in [0.3, 0.4) is 0 Å². The molecule has 0 saturated carbocycles. The first kappa shape index (κ1) is 18.6. The van der Waals surface area contributed by atoms with Gasteiger partial charge in [0.2, 0.25) is 0 Å². The molecule has 0 spiro atoms. The summed E-state index contributed by atoms with van der Waals surface area (Å²) < 4.78 is 5.42. The predicted molar refractivity (Wildman–Crippen MR) is 110 cm³/mol. The molecule has 0 bridgehead atoms. The minimum absolute atomic E-state index is 0.238. The van der Waals surface area contributed by atoms with Crippen molar-refractivity contribution in [2.24, 2.45) is 0 Å². The summed E-state index contributed by atoms with van der Waals surface area (Å²) in [5.41, 5.74) is 5.43. The molecule has 3 nitrogen and oxygen atoms in total. The average Bonchev–Trinajstić information content (AvgIpc) is 2.70. The minimum atomic E-state index is 0.238. The van der Waals surface area contributed by atoms with Gasteiger partial charge in [0, 0.05) is 0 Å². The van der Waals surface area contributed by atoms with E-state index in [9.17, 15) is 10.2 Å². The van der Waals surface area contributed by atoms with E-state index < -0.39 is 0 Å². The normalized spacial score (nSPS) is 10.4. The van der Waals surface area contributed by atoms with Crippen molar-refractivity contribution in [2.75, 3.05) is 7.11 Å². The number of hydrogen-bond acceptors (Lipinski definition) is 3. The molecule has 27 heavy (non-hydrogen) atoms. The molecule has 0 heterocycles. The molecule has 0 aromatic heterocycles. The van der Waals surface area contributed by atoms with Crippen molar-refractivity contribution in [3.8, 4) is 17.2 Å². The topological polar surface area (TPSA) is 49.7 Å². The van der Waals surface area contributed by atoms with Crippen LogP contribution in [0.2, 0.25) is 0 Å². The van der Waals surface area contributed by atoms with Crippen LogP contribution in [-0.4, -0.2) is 17.3 Å². The summed E-state index contributed by atoms with van der Waals surface area (Å²) in [6, 6.07) is 22.6. The van der Waals surface area contributed by atoms with Crippen LogP contribution in [0.4, 0.5) is 0 Å². The Kier molecular flexibility index (Phi) is 5.82. The Hall–Kier alpha value is -3.20. The van der Waals surface area contributed by atoms with Crippen molar-refractivity contribution in [3.63, 3.8) is 0 Å². The van der Waals surface area contributed by atoms with Gasteiger partial charge in [-0.25, -0.2) is 0 Å². The van der Waals surface area contributed by atoms with E-state index in [2.05, 4.69) is 13.0 Å². The number of benzene rings is 3. The van der Waals surface area contributed by atoms with Gasteiger partial charge in [-0.2, -0.15) is 0 Å². The summed E-state index contributed by atoms with van der Waals surface area (Å²) in [5, 5.41) is 19.4. The molecule has 3 heteroatoms. The summed E-state index contributed by atoms with van der Waals surface area (Å²) in [5.74, 6) is 1.29. The second-order valence-corrected chi connectivity index (χ2v) is 6.43. The average molecular weight is 360 g/mol. The van der Waals surface area contributed by atoms with E-state index in [1.165, 1.54) is 5.57 Å². The fourth-order valence-corrected chi connectivity index (χ4v) is 3.25. The molecular weight excluding hydrogens is 336 g/mol. The number of aromatic hydroxyl groups is 2. The highest BCUT2D eigenvalue weighted by molar-refractivity contribution is 5.98. The largest absolute Gasteiger partial charge is 0.508 e. The summed E-state index contributed by atoms with van der Waals surface area (Å²) in [6.07, 6.45) is 1.89. The molecule has 0 amide bonds. The van der Waals surface area contributed by atoms with Gasteiger partial charge < -0.3 is 14.9 Å². The third kappa shape index (κ3) is 4.32. The molecule has 0 saturated heterocycles. The molecule has 3 aromatic rings. The maximum Gasteiger partial charge on any atom is 0.119 e. The van der Waals surface area contributed by atoms with Crippen molar-refractivity contribution in [2.45, 2.75) is 19.8 Å². The van der Waals surface area contributed by atoms with Gasteiger partial charge in [-0.05, 0) is 70.7 Å². The van der Waals surface area contributed by atoms with Gasteiger partial charge in [-0.15, -0.1) is 0 Å². The zero-order valence-corrected chi connectivity index (χ0v) is 15.6. The highest BCUT2D eigenvalue weighted by Crippen LogP contribution is 2.37. The standard InChI is InChI=1S/C24H24O3/c1-3-5-23(19-6-4-7-22(16-19)27-2)24(17-8-12-20(25)13-9-17)18-10-14-21(26)15-11-18/h4,6-16,25-26H,3,5H2,1-2H3. The fourth-order valence-electron chi connectivity index (χ4n) is 3.25. The second kappa shape index (κ2) is 8.45. The molecule has 0 aliphatic rings. The fraction of sp³-hybridized carbons (Fsp3) is 0.167. The van der Waals surface area contributed by atoms with Crippen LogP contribution in [0.1, 0.15) is 36.5 Å². The number of phenols is 2. The zero-order chi connectivity index (χ0) is 19.2. The molecule has 0 unspecified atom stereocenters. The first-order chi connectivity index (χ1) is 13.1. The van der Waals surface area contributed by atoms with Crippen LogP contribution in [0, 0.1) is 0 Å². The number of ether oxygens (including phenoxy) is 1. The number of phenolic OH excluding ortho intramolecular Hbond substituents is 2. The van der Waals surface area contributed by atoms with Crippen LogP contribution in [-0.2, 0) is 0 Å². The van der Waals surface area contributed by atoms with E-state index in [1.54, 1.807) is 31.4 Å². The van der Waals surface area contributed by atoms with E-state index in [0.29, 0.717) is 0 Å². The molecule has 0 aliphatic heterocycles. The van der Waals surface area contributed by atoms with Crippen molar-refractivity contribution < 1.29 is 14.9 Å². The molecule has 0 atom stereocenters. The molecule has 3 aromatic carbocycles. The monoisotopic (exact) mass is 360 g/mol. The Morgan fingerprint density at radius 2 is 1.33 bits per heavy atom. The van der Waals surface area contributed by atoms with Gasteiger partial charge in [0.15, 0.2) is 0 Å². The maximum absolute atomic E-state index is 9.71. The lowest BCUT2D eigenvalue weighted by atomic mass is 9.87. The van der Waals surface area contributed by atoms with Crippen molar-refractivity contribution in [1.82, 2.24) is 0 Å². The first-order valence-corrected chi connectivity index (χ1v) is 9.08. The molecular formula is C24H24O3. The van der Waals surface area contributed by atoms with Crippen LogP contribution in [0.5, 0.6) is 17.2 Å². The van der Waals surface area contributed by atoms with Crippen molar-refractivity contribution in [1.29, 1.82) is 0 Å². The highest BCUT2D eigenvalue weighted by Gasteiger charge is 2.14. The summed E-state index contributed by atoms with van der Waals surface area (Å²) in [7, 11) is 1.67. The summed E-state index contributed by atoms with van der Waals surface area (Å²) in [6.45, 7) is 2.16. The Bertz CT molecular complexity index is 875. The third-order valence-electron chi connectivity index (χ3n) is 4.53. The van der Waals surface area contributed by atoms with Gasteiger partial charge in [0.05, 0.1) is 7.11 Å². The van der Waals surface area contributed by atoms with Gasteiger partial charge >= 0.3 is 0 Å². The van der Waals surface area contributed by atoms with E-state index in [0.717, 1.165) is 40.9 Å². The lowest BCUT2D eigenvalue weighted by molar-refractivity contribution is 0.414. The first-order valence-electron chi connectivity index (χ1n) is 9.08. The highest BCUT2D eigenvalue weighted by atomic mass is 16.5. The van der Waals surface area contributed by atoms with Crippen LogP contribution < -0.4 is 4.74 Å². The molecule has 0 fully saturated rings. The minimum Gasteiger partial charge on any atom is -0.508 e. The van der Waals surface area contributed by atoms with E-state index in [-0.39, 0.29) is 11.5 Å². The Morgan fingerprint density at radius 3 is 1.81 bits per heavy atom. The smallest absolute Gasteiger partial charge is 0.119 e. The van der Waals surface area contributed by atoms with E-state index in [1.807, 2.05) is 42.5 Å². The second-order valence-electron chi connectivity index (χ2n) is 6.43. The van der Waals surface area contributed by atoms with Gasteiger partial charge in [-0.3, -0.25) is 0 Å². The number of rotatable bonds is 6. The maximum atomic E-state index is 9.71. The van der Waals surface area contributed by atoms with Crippen molar-refractivity contribution in [3.05, 3.63) is 89.5 Å². The van der Waals surface area contributed by atoms with Crippen molar-refractivity contribution >= 4 is 11.1 Å². The lowest BCUT2D eigenvalue weighted by Gasteiger charge is -2.18. The van der Waals surface area contributed by atoms with Crippen LogP contribution in [0.15, 0.2) is 72.8 Å². The van der Waals surface area contributed by atoms with Crippen LogP contribution >= 0.6 is 0 Å². The number of methoxy groups -OCH3 is 1. The van der Waals surface area contributed by atoms with Crippen LogP contribution in [0.25, 0.3) is 11.1 Å². The third-order valence-corrected chi connectivity index (χ3v) is 4.53. The van der Waals surface area contributed by atoms with Gasteiger partial charge in [0.25, 0.3) is 0 Å². The number of allylic oxidation sites excluding steroid dienone is 1. The quantitative estimate of drug-likeness (QED) is 0.541. The summed E-state index contributed by atoms with van der Waals surface area (Å²) in [4.78, 5) is 0. The lowest BCUT2D eigenvalue weighted by Crippen LogP contribution is -1.96. The SMILES string of the molecule is CCCC(=C(c1ccc(O)cc1)c1ccc(O)cc1)c1cccc(OC)c1. The molecule has 0 radical (unpaired) electrons. The Morgan fingerprint density at radius 1 is 0.778 bits per heavy atom. The molecule has 2 N–H and O–H groups in total. The number of hydrogen-bond donors (Lipinski definition) is 2.